The number of benzene rings is 2. The van der Waals surface area contributed by atoms with Crippen molar-refractivity contribution in [2.24, 2.45) is 5.92 Å². The molecule has 1 aliphatic heterocycles. The summed E-state index contributed by atoms with van der Waals surface area (Å²) < 4.78 is 13.5. The minimum absolute atomic E-state index is 0.107. The van der Waals surface area contributed by atoms with Crippen LogP contribution in [0.15, 0.2) is 42.5 Å². The van der Waals surface area contributed by atoms with E-state index in [0.29, 0.717) is 18.4 Å². The third-order valence-electron chi connectivity index (χ3n) is 6.79. The van der Waals surface area contributed by atoms with Gasteiger partial charge in [0.1, 0.15) is 5.82 Å². The van der Waals surface area contributed by atoms with Crippen LogP contribution in [0.5, 0.6) is 0 Å². The first-order valence-electron chi connectivity index (χ1n) is 12.0. The molecule has 0 spiro atoms. The molecular formula is C26H26Cl2FN3O5. The maximum atomic E-state index is 13.7. The second kappa shape index (κ2) is 11.5. The Morgan fingerprint density at radius 2 is 1.62 bits per heavy atom. The number of amides is 3. The molecule has 8 nitrogen and oxygen atoms in total. The van der Waals surface area contributed by atoms with E-state index in [2.05, 4.69) is 5.32 Å². The van der Waals surface area contributed by atoms with Gasteiger partial charge in [0.15, 0.2) is 6.17 Å². The maximum Gasteiger partial charge on any atom is 0.305 e. The summed E-state index contributed by atoms with van der Waals surface area (Å²) in [7, 11) is 0. The van der Waals surface area contributed by atoms with Crippen LogP contribution >= 0.6 is 23.2 Å². The van der Waals surface area contributed by atoms with E-state index in [9.17, 15) is 28.7 Å². The summed E-state index contributed by atoms with van der Waals surface area (Å²) in [5.74, 6) is -3.35. The summed E-state index contributed by atoms with van der Waals surface area (Å²) in [6.07, 6.45) is 1.49. The number of hydrogen-bond donors (Lipinski definition) is 2. The fourth-order valence-electron chi connectivity index (χ4n) is 4.93. The Kier molecular flexibility index (Phi) is 8.34. The monoisotopic (exact) mass is 549 g/mol. The summed E-state index contributed by atoms with van der Waals surface area (Å²) in [6, 6.07) is 8.46. The van der Waals surface area contributed by atoms with Crippen molar-refractivity contribution in [2.45, 2.75) is 44.3 Å². The number of carboxylic acids is 1. The zero-order valence-electron chi connectivity index (χ0n) is 19.8. The molecule has 1 saturated carbocycles. The van der Waals surface area contributed by atoms with Crippen molar-refractivity contribution >= 4 is 46.9 Å². The van der Waals surface area contributed by atoms with Crippen LogP contribution in [-0.4, -0.2) is 57.9 Å². The molecule has 0 radical (unpaired) electrons. The third-order valence-corrected chi connectivity index (χ3v) is 7.53. The summed E-state index contributed by atoms with van der Waals surface area (Å²) in [5, 5.41) is 12.5. The van der Waals surface area contributed by atoms with E-state index >= 15 is 0 Å². The van der Waals surface area contributed by atoms with Gasteiger partial charge in [0.25, 0.3) is 11.8 Å². The molecule has 0 bridgehead atoms. The van der Waals surface area contributed by atoms with Gasteiger partial charge in [-0.2, -0.15) is 0 Å². The molecule has 2 atom stereocenters. The molecular weight excluding hydrogens is 524 g/mol. The second-order valence-electron chi connectivity index (χ2n) is 9.22. The predicted molar refractivity (Wildman–Crippen MR) is 134 cm³/mol. The van der Waals surface area contributed by atoms with Gasteiger partial charge in [-0.25, -0.2) is 4.39 Å². The Bertz CT molecular complexity index is 1200. The third kappa shape index (κ3) is 6.05. The molecule has 1 saturated heterocycles. The Labute approximate surface area is 223 Å². The molecule has 2 unspecified atom stereocenters. The first-order valence-corrected chi connectivity index (χ1v) is 12.8. The lowest BCUT2D eigenvalue weighted by atomic mass is 10.0. The van der Waals surface area contributed by atoms with Gasteiger partial charge in [0.05, 0.1) is 22.5 Å². The van der Waals surface area contributed by atoms with Gasteiger partial charge < -0.3 is 20.2 Å². The van der Waals surface area contributed by atoms with E-state index in [1.54, 1.807) is 0 Å². The highest BCUT2D eigenvalue weighted by molar-refractivity contribution is 6.42. The first-order chi connectivity index (χ1) is 17.7. The second-order valence-corrected chi connectivity index (χ2v) is 10.0. The lowest BCUT2D eigenvalue weighted by Crippen LogP contribution is -2.55. The van der Waals surface area contributed by atoms with Gasteiger partial charge in [-0.05, 0) is 48.7 Å². The quantitative estimate of drug-likeness (QED) is 0.536. The van der Waals surface area contributed by atoms with Crippen LogP contribution in [0, 0.1) is 11.7 Å². The first kappa shape index (κ1) is 26.9. The molecule has 2 aromatic rings. The lowest BCUT2D eigenvalue weighted by Gasteiger charge is -2.32. The number of carbonyl (C=O) groups is 4. The summed E-state index contributed by atoms with van der Waals surface area (Å²) in [6.45, 7) is 0.260. The molecule has 4 rings (SSSR count). The molecule has 2 fully saturated rings. The molecule has 2 aliphatic rings. The van der Waals surface area contributed by atoms with Gasteiger partial charge in [-0.15, -0.1) is 0 Å². The topological polar surface area (TPSA) is 107 Å². The number of nitrogens with one attached hydrogen (secondary N) is 1. The number of aliphatic carboxylic acids is 1. The van der Waals surface area contributed by atoms with Crippen molar-refractivity contribution in [3.8, 4) is 0 Å². The van der Waals surface area contributed by atoms with Crippen molar-refractivity contribution in [2.75, 3.05) is 13.1 Å². The number of carbonyl (C=O) groups excluding carboxylic acids is 3. The highest BCUT2D eigenvalue weighted by Gasteiger charge is 2.45. The SMILES string of the molecule is O=C(O)CC(NC(=O)C1N(C(=O)c2ccc(Cl)c(Cl)c2)CCN1C(=O)C1CCCC1)c1ccc(F)cc1. The summed E-state index contributed by atoms with van der Waals surface area (Å²) in [4.78, 5) is 54.7. The van der Waals surface area contributed by atoms with Crippen molar-refractivity contribution in [3.05, 3.63) is 69.5 Å². The highest BCUT2D eigenvalue weighted by Crippen LogP contribution is 2.31. The normalized spacial score (nSPS) is 18.6. The van der Waals surface area contributed by atoms with E-state index < -0.39 is 42.2 Å². The van der Waals surface area contributed by atoms with E-state index in [0.717, 1.165) is 12.8 Å². The van der Waals surface area contributed by atoms with Crippen LogP contribution in [0.1, 0.15) is 54.1 Å². The molecule has 1 aliphatic carbocycles. The maximum absolute atomic E-state index is 13.7. The van der Waals surface area contributed by atoms with Crippen LogP contribution in [-0.2, 0) is 14.4 Å². The summed E-state index contributed by atoms with van der Waals surface area (Å²) in [5.41, 5.74) is 0.578. The van der Waals surface area contributed by atoms with Gasteiger partial charge in [0.2, 0.25) is 5.91 Å². The minimum atomic E-state index is -1.29. The fourth-order valence-corrected chi connectivity index (χ4v) is 5.22. The smallest absolute Gasteiger partial charge is 0.305 e. The van der Waals surface area contributed by atoms with Crippen LogP contribution in [0.3, 0.4) is 0 Å². The van der Waals surface area contributed by atoms with E-state index in [1.807, 2.05) is 0 Å². The average Bonchev–Trinajstić information content (AvgIpc) is 3.55. The Balaban J connectivity index is 1.65. The van der Waals surface area contributed by atoms with Gasteiger partial charge in [-0.1, -0.05) is 48.2 Å². The molecule has 11 heteroatoms. The molecule has 0 aromatic heterocycles. The Hall–Kier alpha value is -3.17. The minimum Gasteiger partial charge on any atom is -0.481 e. The molecule has 196 valence electrons. The molecule has 2 N–H and O–H groups in total. The van der Waals surface area contributed by atoms with E-state index in [-0.39, 0.29) is 40.5 Å². The number of carboxylic acid groups (broad SMARTS) is 1. The predicted octanol–water partition coefficient (Wildman–Crippen LogP) is 4.27. The van der Waals surface area contributed by atoms with Crippen molar-refractivity contribution in [3.63, 3.8) is 0 Å². The standard InChI is InChI=1S/C26H26Cl2FN3O5/c27-19-10-7-17(13-20(19)28)26(37)32-12-11-31(25(36)16-3-1-2-4-16)24(32)23(35)30-21(14-22(33)34)15-5-8-18(29)9-6-15/h5-10,13,16,21,24H,1-4,11-12,14H2,(H,30,35)(H,33,34). The van der Waals surface area contributed by atoms with Crippen molar-refractivity contribution < 1.29 is 28.7 Å². The van der Waals surface area contributed by atoms with Crippen molar-refractivity contribution in [1.82, 2.24) is 15.1 Å². The fraction of sp³-hybridized carbons (Fsp3) is 0.385. The van der Waals surface area contributed by atoms with Gasteiger partial charge in [-0.3, -0.25) is 19.2 Å². The van der Waals surface area contributed by atoms with Gasteiger partial charge >= 0.3 is 5.97 Å². The number of nitrogens with zero attached hydrogens (tertiary/aromatic N) is 2. The van der Waals surface area contributed by atoms with Crippen LogP contribution in [0.25, 0.3) is 0 Å². The van der Waals surface area contributed by atoms with Crippen LogP contribution in [0.4, 0.5) is 4.39 Å². The molecule has 1 heterocycles. The van der Waals surface area contributed by atoms with E-state index in [1.165, 1.54) is 52.3 Å². The lowest BCUT2D eigenvalue weighted by molar-refractivity contribution is -0.145. The molecule has 37 heavy (non-hydrogen) atoms. The van der Waals surface area contributed by atoms with Gasteiger partial charge in [0, 0.05) is 24.6 Å². The largest absolute Gasteiger partial charge is 0.481 e. The zero-order valence-corrected chi connectivity index (χ0v) is 21.3. The highest BCUT2D eigenvalue weighted by atomic mass is 35.5. The van der Waals surface area contributed by atoms with Crippen LogP contribution in [0.2, 0.25) is 10.0 Å². The van der Waals surface area contributed by atoms with Crippen LogP contribution < -0.4 is 5.32 Å². The number of halogens is 3. The molecule has 2 aromatic carbocycles. The Morgan fingerprint density at radius 3 is 2.24 bits per heavy atom. The zero-order chi connectivity index (χ0) is 26.7. The number of rotatable bonds is 7. The summed E-state index contributed by atoms with van der Waals surface area (Å²) >= 11 is 12.1. The average molecular weight is 550 g/mol. The Morgan fingerprint density at radius 1 is 0.973 bits per heavy atom. The van der Waals surface area contributed by atoms with E-state index in [4.69, 9.17) is 23.2 Å². The number of hydrogen-bond acceptors (Lipinski definition) is 4. The molecule has 3 amide bonds. The van der Waals surface area contributed by atoms with Crippen molar-refractivity contribution in [1.29, 1.82) is 0 Å².